The Morgan fingerprint density at radius 2 is 2.25 bits per heavy atom. The van der Waals surface area contributed by atoms with Crippen LogP contribution < -0.4 is 5.32 Å². The lowest BCUT2D eigenvalue weighted by molar-refractivity contribution is 0.747. The molecular formula is C12H15N3S. The first kappa shape index (κ1) is 11.1. The van der Waals surface area contributed by atoms with E-state index in [1.807, 2.05) is 24.0 Å². The fourth-order valence-corrected chi connectivity index (χ4v) is 1.94. The van der Waals surface area contributed by atoms with Gasteiger partial charge in [-0.1, -0.05) is 6.07 Å². The van der Waals surface area contributed by atoms with Crippen LogP contribution in [0.25, 0.3) is 0 Å². The van der Waals surface area contributed by atoms with Gasteiger partial charge in [-0.2, -0.15) is 5.10 Å². The summed E-state index contributed by atoms with van der Waals surface area (Å²) in [6.07, 6.45) is 4.03. The van der Waals surface area contributed by atoms with Crippen molar-refractivity contribution in [2.75, 3.05) is 11.6 Å². The smallest absolute Gasteiger partial charge is 0.0815 e. The number of nitrogens with zero attached hydrogens (tertiary/aromatic N) is 2. The molecule has 0 amide bonds. The zero-order valence-electron chi connectivity index (χ0n) is 9.47. The average Bonchev–Trinajstić information content (AvgIpc) is 2.73. The highest BCUT2D eigenvalue weighted by Crippen LogP contribution is 2.19. The number of anilines is 1. The van der Waals surface area contributed by atoms with E-state index < -0.39 is 0 Å². The van der Waals surface area contributed by atoms with Crippen molar-refractivity contribution in [2.45, 2.75) is 11.4 Å². The summed E-state index contributed by atoms with van der Waals surface area (Å²) in [4.78, 5) is 1.27. The van der Waals surface area contributed by atoms with E-state index in [2.05, 4.69) is 40.9 Å². The van der Waals surface area contributed by atoms with Gasteiger partial charge >= 0.3 is 0 Å². The Balaban J connectivity index is 1.99. The zero-order chi connectivity index (χ0) is 11.4. The third-order valence-corrected chi connectivity index (χ3v) is 3.04. The highest BCUT2D eigenvalue weighted by molar-refractivity contribution is 7.98. The fraction of sp³-hybridized carbons (Fsp3) is 0.250. The van der Waals surface area contributed by atoms with Gasteiger partial charge in [0, 0.05) is 23.8 Å². The summed E-state index contributed by atoms with van der Waals surface area (Å²) in [5, 5.41) is 7.68. The van der Waals surface area contributed by atoms with E-state index >= 15 is 0 Å². The lowest BCUT2D eigenvalue weighted by atomic mass is 10.3. The Hall–Kier alpha value is -1.42. The lowest BCUT2D eigenvalue weighted by Crippen LogP contribution is -2.01. The topological polar surface area (TPSA) is 29.9 Å². The predicted molar refractivity (Wildman–Crippen MR) is 68.8 cm³/mol. The minimum atomic E-state index is 0.763. The van der Waals surface area contributed by atoms with Gasteiger partial charge in [0.15, 0.2) is 0 Å². The van der Waals surface area contributed by atoms with Crippen LogP contribution in [0.2, 0.25) is 0 Å². The molecule has 0 saturated heterocycles. The van der Waals surface area contributed by atoms with E-state index in [9.17, 15) is 0 Å². The van der Waals surface area contributed by atoms with Crippen molar-refractivity contribution in [1.29, 1.82) is 0 Å². The van der Waals surface area contributed by atoms with Crippen LogP contribution in [0.4, 0.5) is 5.69 Å². The second kappa shape index (κ2) is 5.07. The summed E-state index contributed by atoms with van der Waals surface area (Å²) in [7, 11) is 1.93. The third kappa shape index (κ3) is 2.79. The van der Waals surface area contributed by atoms with Crippen molar-refractivity contribution in [3.05, 3.63) is 42.2 Å². The van der Waals surface area contributed by atoms with Crippen molar-refractivity contribution in [1.82, 2.24) is 9.78 Å². The molecule has 2 rings (SSSR count). The maximum atomic E-state index is 4.32. The molecule has 3 nitrogen and oxygen atoms in total. The van der Waals surface area contributed by atoms with Crippen LogP contribution in [0.15, 0.2) is 41.4 Å². The van der Waals surface area contributed by atoms with Gasteiger partial charge in [-0.3, -0.25) is 4.68 Å². The molecule has 1 aromatic heterocycles. The van der Waals surface area contributed by atoms with Crippen LogP contribution in [0, 0.1) is 0 Å². The van der Waals surface area contributed by atoms with E-state index in [0.29, 0.717) is 0 Å². The number of hydrogen-bond donors (Lipinski definition) is 1. The average molecular weight is 233 g/mol. The van der Waals surface area contributed by atoms with E-state index in [1.54, 1.807) is 11.8 Å². The molecule has 0 atom stereocenters. The van der Waals surface area contributed by atoms with E-state index in [4.69, 9.17) is 0 Å². The molecule has 0 fully saturated rings. The van der Waals surface area contributed by atoms with Gasteiger partial charge in [-0.05, 0) is 30.5 Å². The molecule has 0 spiro atoms. The van der Waals surface area contributed by atoms with Crippen molar-refractivity contribution < 1.29 is 0 Å². The first-order chi connectivity index (χ1) is 7.78. The van der Waals surface area contributed by atoms with Crippen LogP contribution in [0.5, 0.6) is 0 Å². The van der Waals surface area contributed by atoms with Crippen LogP contribution in [0.1, 0.15) is 5.69 Å². The standard InChI is InChI=1S/C12H15N3S/c1-15-7-6-11(14-15)9-13-10-4-3-5-12(8-10)16-2/h3-8,13H,9H2,1-2H3. The molecule has 0 saturated carbocycles. The summed E-state index contributed by atoms with van der Waals surface area (Å²) >= 11 is 1.75. The molecule has 84 valence electrons. The van der Waals surface area contributed by atoms with Gasteiger partial charge in [0.1, 0.15) is 0 Å². The molecular weight excluding hydrogens is 218 g/mol. The lowest BCUT2D eigenvalue weighted by Gasteiger charge is -2.05. The number of nitrogens with one attached hydrogen (secondary N) is 1. The quantitative estimate of drug-likeness (QED) is 0.824. The van der Waals surface area contributed by atoms with Gasteiger partial charge in [-0.25, -0.2) is 0 Å². The number of benzene rings is 1. The zero-order valence-corrected chi connectivity index (χ0v) is 10.3. The molecule has 1 N–H and O–H groups in total. The summed E-state index contributed by atoms with van der Waals surface area (Å²) in [6, 6.07) is 10.4. The number of hydrogen-bond acceptors (Lipinski definition) is 3. The summed E-state index contributed by atoms with van der Waals surface area (Å²) in [6.45, 7) is 0.763. The van der Waals surface area contributed by atoms with Crippen molar-refractivity contribution in [2.24, 2.45) is 7.05 Å². The highest BCUT2D eigenvalue weighted by Gasteiger charge is 1.97. The Bertz CT molecular complexity index is 465. The van der Waals surface area contributed by atoms with E-state index in [1.165, 1.54) is 4.90 Å². The van der Waals surface area contributed by atoms with Crippen molar-refractivity contribution >= 4 is 17.4 Å². The van der Waals surface area contributed by atoms with Gasteiger partial charge in [-0.15, -0.1) is 11.8 Å². The molecule has 0 bridgehead atoms. The summed E-state index contributed by atoms with van der Waals surface area (Å²) in [5.41, 5.74) is 2.19. The van der Waals surface area contributed by atoms with Crippen LogP contribution in [-0.2, 0) is 13.6 Å². The molecule has 1 heterocycles. The first-order valence-corrected chi connectivity index (χ1v) is 6.37. The number of rotatable bonds is 4. The normalized spacial score (nSPS) is 10.4. The minimum Gasteiger partial charge on any atom is -0.379 e. The minimum absolute atomic E-state index is 0.763. The SMILES string of the molecule is CSc1cccc(NCc2ccn(C)n2)c1. The molecule has 0 aliphatic rings. The number of thioether (sulfide) groups is 1. The maximum absolute atomic E-state index is 4.32. The second-order valence-electron chi connectivity index (χ2n) is 3.57. The van der Waals surface area contributed by atoms with E-state index in [0.717, 1.165) is 17.9 Å². The molecule has 4 heteroatoms. The number of aromatic nitrogens is 2. The van der Waals surface area contributed by atoms with Crippen LogP contribution >= 0.6 is 11.8 Å². The monoisotopic (exact) mass is 233 g/mol. The Morgan fingerprint density at radius 1 is 1.38 bits per heavy atom. The Morgan fingerprint density at radius 3 is 2.94 bits per heavy atom. The van der Waals surface area contributed by atoms with Gasteiger partial charge in [0.25, 0.3) is 0 Å². The molecule has 0 aliphatic carbocycles. The van der Waals surface area contributed by atoms with Gasteiger partial charge < -0.3 is 5.32 Å². The summed E-state index contributed by atoms with van der Waals surface area (Å²) in [5.74, 6) is 0. The second-order valence-corrected chi connectivity index (χ2v) is 4.45. The van der Waals surface area contributed by atoms with Gasteiger partial charge in [0.05, 0.1) is 12.2 Å². The molecule has 0 radical (unpaired) electrons. The molecule has 16 heavy (non-hydrogen) atoms. The number of aryl methyl sites for hydroxylation is 1. The summed E-state index contributed by atoms with van der Waals surface area (Å²) < 4.78 is 1.81. The van der Waals surface area contributed by atoms with E-state index in [-0.39, 0.29) is 0 Å². The Kier molecular flexibility index (Phi) is 3.51. The Labute approximate surface area is 99.9 Å². The predicted octanol–water partition coefficient (Wildman–Crippen LogP) is 2.75. The van der Waals surface area contributed by atoms with Crippen molar-refractivity contribution in [3.63, 3.8) is 0 Å². The molecule has 0 aliphatic heterocycles. The van der Waals surface area contributed by atoms with Crippen LogP contribution in [-0.4, -0.2) is 16.0 Å². The molecule has 1 aromatic carbocycles. The highest BCUT2D eigenvalue weighted by atomic mass is 32.2. The molecule has 0 unspecified atom stereocenters. The van der Waals surface area contributed by atoms with Gasteiger partial charge in [0.2, 0.25) is 0 Å². The third-order valence-electron chi connectivity index (χ3n) is 2.31. The van der Waals surface area contributed by atoms with Crippen molar-refractivity contribution in [3.8, 4) is 0 Å². The molecule has 2 aromatic rings. The fourth-order valence-electron chi connectivity index (χ4n) is 1.48. The maximum Gasteiger partial charge on any atom is 0.0815 e. The largest absolute Gasteiger partial charge is 0.379 e. The van der Waals surface area contributed by atoms with Crippen LogP contribution in [0.3, 0.4) is 0 Å². The first-order valence-electron chi connectivity index (χ1n) is 5.14.